The van der Waals surface area contributed by atoms with Gasteiger partial charge in [0.15, 0.2) is 17.2 Å². The second-order valence-electron chi connectivity index (χ2n) is 6.19. The normalized spacial score (nSPS) is 10.5. The highest BCUT2D eigenvalue weighted by molar-refractivity contribution is 6.42. The van der Waals surface area contributed by atoms with Crippen LogP contribution in [0.4, 0.5) is 5.69 Å². The van der Waals surface area contributed by atoms with E-state index in [0.717, 1.165) is 5.56 Å². The average Bonchev–Trinajstić information content (AvgIpc) is 2.71. The fourth-order valence-electron chi connectivity index (χ4n) is 2.68. The zero-order valence-electron chi connectivity index (χ0n) is 15.5. The lowest BCUT2D eigenvalue weighted by Crippen LogP contribution is -2.13. The van der Waals surface area contributed by atoms with Gasteiger partial charge in [0.2, 0.25) is 5.91 Å². The van der Waals surface area contributed by atoms with Crippen molar-refractivity contribution in [2.75, 3.05) is 12.4 Å². The number of nitrogens with one attached hydrogen (secondary N) is 1. The molecular formula is C22H18Cl3NO3. The molecule has 4 nitrogen and oxygen atoms in total. The van der Waals surface area contributed by atoms with Gasteiger partial charge in [0.1, 0.15) is 0 Å². The molecule has 0 heterocycles. The quantitative estimate of drug-likeness (QED) is 0.421. The highest BCUT2D eigenvalue weighted by Crippen LogP contribution is 2.36. The number of para-hydroxylation sites is 2. The van der Waals surface area contributed by atoms with Gasteiger partial charge >= 0.3 is 0 Å². The van der Waals surface area contributed by atoms with Crippen molar-refractivity contribution in [1.82, 2.24) is 0 Å². The number of hydrogen-bond donors (Lipinski definition) is 1. The predicted molar refractivity (Wildman–Crippen MR) is 118 cm³/mol. The summed E-state index contributed by atoms with van der Waals surface area (Å²) in [6, 6.07) is 17.6. The third-order valence-electron chi connectivity index (χ3n) is 4.13. The van der Waals surface area contributed by atoms with Crippen molar-refractivity contribution < 1.29 is 14.3 Å². The molecule has 0 saturated heterocycles. The van der Waals surface area contributed by atoms with Crippen LogP contribution in [0, 0.1) is 0 Å². The number of methoxy groups -OCH3 is 1. The minimum Gasteiger partial charge on any atom is -0.493 e. The summed E-state index contributed by atoms with van der Waals surface area (Å²) in [7, 11) is 1.57. The second kappa shape index (κ2) is 9.88. The molecule has 150 valence electrons. The van der Waals surface area contributed by atoms with Crippen LogP contribution in [0.25, 0.3) is 0 Å². The molecule has 3 aromatic carbocycles. The molecule has 0 bridgehead atoms. The van der Waals surface area contributed by atoms with Gasteiger partial charge in [-0.1, -0.05) is 53.0 Å². The Morgan fingerprint density at radius 1 is 0.897 bits per heavy atom. The summed E-state index contributed by atoms with van der Waals surface area (Å²) in [4.78, 5) is 12.5. The van der Waals surface area contributed by atoms with Crippen LogP contribution < -0.4 is 14.8 Å². The molecule has 0 aliphatic heterocycles. The van der Waals surface area contributed by atoms with Gasteiger partial charge in [-0.15, -0.1) is 0 Å². The summed E-state index contributed by atoms with van der Waals surface area (Å²) in [5.74, 6) is 1.40. The van der Waals surface area contributed by atoms with Crippen molar-refractivity contribution in [2.24, 2.45) is 0 Å². The third-order valence-corrected chi connectivity index (χ3v) is 5.10. The Morgan fingerprint density at radius 3 is 2.38 bits per heavy atom. The first kappa shape index (κ1) is 21.3. The van der Waals surface area contributed by atoms with Crippen molar-refractivity contribution in [3.63, 3.8) is 0 Å². The minimum atomic E-state index is -0.178. The Kier molecular flexibility index (Phi) is 7.26. The van der Waals surface area contributed by atoms with E-state index >= 15 is 0 Å². The smallest absolute Gasteiger partial charge is 0.224 e. The summed E-state index contributed by atoms with van der Waals surface area (Å²) in [6.45, 7) is 0. The molecule has 7 heteroatoms. The molecule has 0 aliphatic carbocycles. The second-order valence-corrected chi connectivity index (χ2v) is 7.44. The summed E-state index contributed by atoms with van der Waals surface area (Å²) in [6.07, 6.45) is 0.782. The van der Waals surface area contributed by atoms with Gasteiger partial charge < -0.3 is 14.8 Å². The fourth-order valence-corrected chi connectivity index (χ4v) is 3.17. The molecule has 0 spiro atoms. The SMILES string of the molecule is COc1ccccc1Oc1ccc(Cl)cc1NC(=O)CCc1ccc(Cl)c(Cl)c1. The number of ether oxygens (including phenoxy) is 2. The van der Waals surface area contributed by atoms with Crippen molar-refractivity contribution >= 4 is 46.4 Å². The first-order valence-corrected chi connectivity index (χ1v) is 9.94. The van der Waals surface area contributed by atoms with Crippen molar-refractivity contribution in [3.05, 3.63) is 81.3 Å². The fraction of sp³-hybridized carbons (Fsp3) is 0.136. The topological polar surface area (TPSA) is 47.6 Å². The van der Waals surface area contributed by atoms with Crippen LogP contribution in [0.15, 0.2) is 60.7 Å². The molecule has 0 fully saturated rings. The van der Waals surface area contributed by atoms with Crippen LogP contribution in [0.3, 0.4) is 0 Å². The molecule has 0 saturated carbocycles. The van der Waals surface area contributed by atoms with Gasteiger partial charge in [-0.25, -0.2) is 0 Å². The maximum absolute atomic E-state index is 12.5. The molecule has 3 aromatic rings. The molecule has 1 amide bonds. The molecule has 0 radical (unpaired) electrons. The van der Waals surface area contributed by atoms with Gasteiger partial charge in [0, 0.05) is 11.4 Å². The standard InChI is InChI=1S/C22H18Cl3NO3/c1-28-20-4-2-3-5-21(20)29-19-10-8-15(23)13-18(19)26-22(27)11-7-14-6-9-16(24)17(25)12-14/h2-6,8-10,12-13H,7,11H2,1H3,(H,26,27). The van der Waals surface area contributed by atoms with Crippen molar-refractivity contribution in [3.8, 4) is 17.2 Å². The maximum atomic E-state index is 12.5. The lowest BCUT2D eigenvalue weighted by Gasteiger charge is -2.14. The molecule has 3 rings (SSSR count). The molecular weight excluding hydrogens is 433 g/mol. The van der Waals surface area contributed by atoms with E-state index in [1.165, 1.54) is 0 Å². The van der Waals surface area contributed by atoms with Crippen LogP contribution in [-0.4, -0.2) is 13.0 Å². The van der Waals surface area contributed by atoms with Gasteiger partial charge in [-0.3, -0.25) is 4.79 Å². The van der Waals surface area contributed by atoms with E-state index in [4.69, 9.17) is 44.3 Å². The molecule has 0 unspecified atom stereocenters. The lowest BCUT2D eigenvalue weighted by molar-refractivity contribution is -0.116. The average molecular weight is 451 g/mol. The van der Waals surface area contributed by atoms with Crippen LogP contribution in [0.5, 0.6) is 17.2 Å². The van der Waals surface area contributed by atoms with Crippen LogP contribution in [0.1, 0.15) is 12.0 Å². The van der Waals surface area contributed by atoms with Crippen molar-refractivity contribution in [2.45, 2.75) is 12.8 Å². The summed E-state index contributed by atoms with van der Waals surface area (Å²) >= 11 is 18.1. The maximum Gasteiger partial charge on any atom is 0.224 e. The van der Waals surface area contributed by atoms with E-state index in [1.54, 1.807) is 49.6 Å². The van der Waals surface area contributed by atoms with Crippen LogP contribution in [0.2, 0.25) is 15.1 Å². The Hall–Kier alpha value is -2.40. The van der Waals surface area contributed by atoms with Crippen LogP contribution >= 0.6 is 34.8 Å². The molecule has 0 atom stereocenters. The van der Waals surface area contributed by atoms with E-state index in [1.807, 2.05) is 18.2 Å². The van der Waals surface area contributed by atoms with Gasteiger partial charge in [0.25, 0.3) is 0 Å². The van der Waals surface area contributed by atoms with Crippen molar-refractivity contribution in [1.29, 1.82) is 0 Å². The Balaban J connectivity index is 1.71. The summed E-state index contributed by atoms with van der Waals surface area (Å²) in [5, 5.41) is 4.29. The summed E-state index contributed by atoms with van der Waals surface area (Å²) in [5.41, 5.74) is 1.40. The predicted octanol–water partition coefficient (Wildman–Crippen LogP) is 7.02. The molecule has 0 aromatic heterocycles. The number of benzene rings is 3. The van der Waals surface area contributed by atoms with Gasteiger partial charge in [-0.2, -0.15) is 0 Å². The Bertz CT molecular complexity index is 1020. The highest BCUT2D eigenvalue weighted by Gasteiger charge is 2.12. The number of carbonyl (C=O) groups is 1. The zero-order valence-corrected chi connectivity index (χ0v) is 17.8. The third kappa shape index (κ3) is 5.80. The highest BCUT2D eigenvalue weighted by atomic mass is 35.5. The number of amides is 1. The first-order valence-electron chi connectivity index (χ1n) is 8.80. The summed E-state index contributed by atoms with van der Waals surface area (Å²) < 4.78 is 11.3. The Morgan fingerprint density at radius 2 is 1.66 bits per heavy atom. The molecule has 29 heavy (non-hydrogen) atoms. The largest absolute Gasteiger partial charge is 0.493 e. The number of rotatable bonds is 7. The number of hydrogen-bond acceptors (Lipinski definition) is 3. The number of anilines is 1. The van der Waals surface area contributed by atoms with E-state index in [0.29, 0.717) is 44.4 Å². The van der Waals surface area contributed by atoms with Gasteiger partial charge in [-0.05, 0) is 54.4 Å². The van der Waals surface area contributed by atoms with Crippen LogP contribution in [-0.2, 0) is 11.2 Å². The number of carbonyl (C=O) groups excluding carboxylic acids is 1. The molecule has 1 N–H and O–H groups in total. The van der Waals surface area contributed by atoms with E-state index in [9.17, 15) is 4.79 Å². The Labute approximate surface area is 184 Å². The van der Waals surface area contributed by atoms with E-state index in [2.05, 4.69) is 5.32 Å². The van der Waals surface area contributed by atoms with Gasteiger partial charge in [0.05, 0.1) is 22.8 Å². The number of halogens is 3. The first-order chi connectivity index (χ1) is 14.0. The zero-order chi connectivity index (χ0) is 20.8. The van der Waals surface area contributed by atoms with E-state index in [-0.39, 0.29) is 12.3 Å². The minimum absolute atomic E-state index is 0.178. The molecule has 0 aliphatic rings. The number of aryl methyl sites for hydroxylation is 1. The van der Waals surface area contributed by atoms with E-state index < -0.39 is 0 Å². The monoisotopic (exact) mass is 449 g/mol. The lowest BCUT2D eigenvalue weighted by atomic mass is 10.1.